The van der Waals surface area contributed by atoms with Gasteiger partial charge in [-0.25, -0.2) is 8.42 Å². The largest absolute Gasteiger partial charge is 0.384 e. The molecule has 0 spiro atoms. The zero-order valence-corrected chi connectivity index (χ0v) is 15.6. The molecule has 2 aliphatic carbocycles. The van der Waals surface area contributed by atoms with E-state index in [4.69, 9.17) is 4.74 Å². The number of ether oxygens (including phenoxy) is 1. The first-order valence-electron chi connectivity index (χ1n) is 9.17. The van der Waals surface area contributed by atoms with Crippen molar-refractivity contribution in [1.82, 2.24) is 4.90 Å². The molecule has 3 rings (SSSR count). The molecular formula is C19H27NO4S. The van der Waals surface area contributed by atoms with E-state index in [1.165, 1.54) is 26.4 Å². The number of benzene rings is 1. The summed E-state index contributed by atoms with van der Waals surface area (Å²) in [6, 6.07) is 7.12. The third-order valence-corrected chi connectivity index (χ3v) is 6.85. The lowest BCUT2D eigenvalue weighted by Crippen LogP contribution is -2.43. The van der Waals surface area contributed by atoms with Gasteiger partial charge in [0.05, 0.1) is 17.3 Å². The lowest BCUT2D eigenvalue weighted by molar-refractivity contribution is 0.0614. The normalized spacial score (nSPS) is 18.9. The lowest BCUT2D eigenvalue weighted by Gasteiger charge is -2.34. The van der Waals surface area contributed by atoms with Crippen LogP contribution in [-0.2, 0) is 14.6 Å². The molecule has 1 aromatic rings. The van der Waals surface area contributed by atoms with E-state index in [9.17, 15) is 13.2 Å². The fourth-order valence-corrected chi connectivity index (χ4v) is 4.78. The zero-order valence-electron chi connectivity index (χ0n) is 14.8. The Morgan fingerprint density at radius 3 is 2.20 bits per heavy atom. The van der Waals surface area contributed by atoms with Gasteiger partial charge in [-0.3, -0.25) is 4.79 Å². The molecule has 1 amide bonds. The smallest absolute Gasteiger partial charge is 0.254 e. The number of amides is 1. The van der Waals surface area contributed by atoms with Gasteiger partial charge < -0.3 is 9.64 Å². The van der Waals surface area contributed by atoms with Crippen molar-refractivity contribution < 1.29 is 17.9 Å². The third-order valence-electron chi connectivity index (χ3n) is 5.16. The molecule has 0 aromatic heterocycles. The van der Waals surface area contributed by atoms with E-state index in [2.05, 4.69) is 4.90 Å². The van der Waals surface area contributed by atoms with E-state index in [-0.39, 0.29) is 23.2 Å². The Balaban J connectivity index is 1.75. The molecule has 0 radical (unpaired) electrons. The van der Waals surface area contributed by atoms with Crippen LogP contribution in [0.3, 0.4) is 0 Å². The number of sulfone groups is 1. The summed E-state index contributed by atoms with van der Waals surface area (Å²) in [5, 5.41) is 0. The molecule has 5 nitrogen and oxygen atoms in total. The van der Waals surface area contributed by atoms with Crippen molar-refractivity contribution in [3.8, 4) is 0 Å². The standard InChI is InChI=1S/C19H27NO4S/c1-24-13-14-25(22,23)18-11-7-15(8-12-18)19(21)20(17-9-10-17)16-5-3-2-4-6-16/h7-8,11-12,16-17H,2-6,9-10,13-14H2,1H3. The van der Waals surface area contributed by atoms with Crippen LogP contribution in [-0.4, -0.2) is 50.8 Å². The van der Waals surface area contributed by atoms with Crippen molar-refractivity contribution in [2.24, 2.45) is 0 Å². The Morgan fingerprint density at radius 1 is 1.04 bits per heavy atom. The van der Waals surface area contributed by atoms with Crippen molar-refractivity contribution in [3.05, 3.63) is 29.8 Å². The highest BCUT2D eigenvalue weighted by Gasteiger charge is 2.38. The predicted molar refractivity (Wildman–Crippen MR) is 96.4 cm³/mol. The zero-order chi connectivity index (χ0) is 17.9. The minimum absolute atomic E-state index is 0.0485. The molecule has 0 aliphatic heterocycles. The summed E-state index contributed by atoms with van der Waals surface area (Å²) in [7, 11) is -1.88. The molecule has 0 bridgehead atoms. The van der Waals surface area contributed by atoms with Gasteiger partial charge in [-0.1, -0.05) is 19.3 Å². The minimum atomic E-state index is -3.36. The Bertz CT molecular complexity index is 689. The molecule has 0 atom stereocenters. The molecule has 138 valence electrons. The summed E-state index contributed by atoms with van der Waals surface area (Å²) in [5.74, 6) is 0.00260. The molecule has 2 aliphatic rings. The second kappa shape index (κ2) is 7.87. The third kappa shape index (κ3) is 4.42. The summed E-state index contributed by atoms with van der Waals surface area (Å²) in [5.41, 5.74) is 0.586. The van der Waals surface area contributed by atoms with Gasteiger partial charge in [-0.15, -0.1) is 0 Å². The number of carbonyl (C=O) groups is 1. The average molecular weight is 365 g/mol. The first kappa shape index (κ1) is 18.4. The first-order chi connectivity index (χ1) is 12.0. The van der Waals surface area contributed by atoms with Gasteiger partial charge in [0.1, 0.15) is 0 Å². The molecule has 0 unspecified atom stereocenters. The molecule has 2 fully saturated rings. The van der Waals surface area contributed by atoms with E-state index in [1.807, 2.05) is 0 Å². The van der Waals surface area contributed by atoms with E-state index in [0.717, 1.165) is 25.7 Å². The molecule has 0 N–H and O–H groups in total. The first-order valence-corrected chi connectivity index (χ1v) is 10.8. The maximum Gasteiger partial charge on any atom is 0.254 e. The highest BCUT2D eigenvalue weighted by Crippen LogP contribution is 2.35. The van der Waals surface area contributed by atoms with Crippen LogP contribution in [0.2, 0.25) is 0 Å². The van der Waals surface area contributed by atoms with Crippen molar-refractivity contribution >= 4 is 15.7 Å². The van der Waals surface area contributed by atoms with Gasteiger partial charge in [-0.2, -0.15) is 0 Å². The van der Waals surface area contributed by atoms with Gasteiger partial charge in [0.2, 0.25) is 0 Å². The highest BCUT2D eigenvalue weighted by atomic mass is 32.2. The van der Waals surface area contributed by atoms with Crippen molar-refractivity contribution in [2.75, 3.05) is 19.5 Å². The minimum Gasteiger partial charge on any atom is -0.384 e. The second-order valence-corrected chi connectivity index (χ2v) is 9.18. The van der Waals surface area contributed by atoms with Crippen LogP contribution >= 0.6 is 0 Å². The summed E-state index contributed by atoms with van der Waals surface area (Å²) in [4.78, 5) is 15.3. The maximum atomic E-state index is 13.0. The maximum absolute atomic E-state index is 13.0. The number of hydrogen-bond donors (Lipinski definition) is 0. The lowest BCUT2D eigenvalue weighted by atomic mass is 9.93. The van der Waals surface area contributed by atoms with Crippen LogP contribution in [0.25, 0.3) is 0 Å². The number of carbonyl (C=O) groups excluding carboxylic acids is 1. The van der Waals surface area contributed by atoms with Crippen LogP contribution < -0.4 is 0 Å². The van der Waals surface area contributed by atoms with Gasteiger partial charge in [0, 0.05) is 24.8 Å². The Hall–Kier alpha value is -1.40. The van der Waals surface area contributed by atoms with Crippen molar-refractivity contribution in [1.29, 1.82) is 0 Å². The summed E-state index contributed by atoms with van der Waals surface area (Å²) < 4.78 is 29.2. The number of methoxy groups -OCH3 is 1. The Labute approximate surface area is 150 Å². The van der Waals surface area contributed by atoms with Crippen molar-refractivity contribution in [3.63, 3.8) is 0 Å². The molecule has 0 saturated heterocycles. The fraction of sp³-hybridized carbons (Fsp3) is 0.632. The molecule has 25 heavy (non-hydrogen) atoms. The molecule has 6 heteroatoms. The van der Waals surface area contributed by atoms with Crippen LogP contribution in [0.4, 0.5) is 0 Å². The van der Waals surface area contributed by atoms with Crippen molar-refractivity contribution in [2.45, 2.75) is 61.9 Å². The van der Waals surface area contributed by atoms with E-state index in [0.29, 0.717) is 17.6 Å². The van der Waals surface area contributed by atoms with Gasteiger partial charge in [-0.05, 0) is 49.9 Å². The summed E-state index contributed by atoms with van der Waals surface area (Å²) in [6.07, 6.45) is 8.00. The molecule has 2 saturated carbocycles. The number of rotatable bonds is 7. The van der Waals surface area contributed by atoms with Crippen LogP contribution in [0.5, 0.6) is 0 Å². The number of nitrogens with zero attached hydrogens (tertiary/aromatic N) is 1. The fourth-order valence-electron chi connectivity index (χ4n) is 3.61. The Morgan fingerprint density at radius 2 is 1.64 bits per heavy atom. The second-order valence-electron chi connectivity index (χ2n) is 7.07. The quantitative estimate of drug-likeness (QED) is 0.745. The van der Waals surface area contributed by atoms with E-state index < -0.39 is 9.84 Å². The number of hydrogen-bond acceptors (Lipinski definition) is 4. The van der Waals surface area contributed by atoms with Gasteiger partial charge >= 0.3 is 0 Å². The Kier molecular flexibility index (Phi) is 5.79. The van der Waals surface area contributed by atoms with Crippen LogP contribution in [0, 0.1) is 0 Å². The molecular weight excluding hydrogens is 338 g/mol. The van der Waals surface area contributed by atoms with E-state index in [1.54, 1.807) is 24.3 Å². The SMILES string of the molecule is COCCS(=O)(=O)c1ccc(C(=O)N(C2CCCCC2)C2CC2)cc1. The monoisotopic (exact) mass is 365 g/mol. The molecule has 0 heterocycles. The molecule has 1 aromatic carbocycles. The van der Waals surface area contributed by atoms with E-state index >= 15 is 0 Å². The van der Waals surface area contributed by atoms with Gasteiger partial charge in [0.25, 0.3) is 5.91 Å². The average Bonchev–Trinajstić information content (AvgIpc) is 3.46. The van der Waals surface area contributed by atoms with Crippen LogP contribution in [0.15, 0.2) is 29.2 Å². The summed E-state index contributed by atoms with van der Waals surface area (Å²) in [6.45, 7) is 0.167. The van der Waals surface area contributed by atoms with Gasteiger partial charge in [0.15, 0.2) is 9.84 Å². The highest BCUT2D eigenvalue weighted by molar-refractivity contribution is 7.91. The summed E-state index contributed by atoms with van der Waals surface area (Å²) >= 11 is 0. The topological polar surface area (TPSA) is 63.7 Å². The predicted octanol–water partition coefficient (Wildman–Crippen LogP) is 3.04. The van der Waals surface area contributed by atoms with Crippen LogP contribution in [0.1, 0.15) is 55.3 Å².